The first-order chi connectivity index (χ1) is 16.4. The number of hydrogen-bond acceptors (Lipinski definition) is 5. The summed E-state index contributed by atoms with van der Waals surface area (Å²) < 4.78 is 5.84. The average Bonchev–Trinajstić information content (AvgIpc) is 3.18. The molecule has 1 heterocycles. The molecule has 10 heteroatoms. The molecule has 0 spiro atoms. The molecule has 0 radical (unpaired) electrons. The minimum absolute atomic E-state index is 0.260. The smallest absolute Gasteiger partial charge is 0.281 e. The minimum Gasteiger partial charge on any atom is -0.497 e. The Bertz CT molecular complexity index is 1390. The molecule has 172 valence electrons. The van der Waals surface area contributed by atoms with Crippen molar-refractivity contribution >= 4 is 68.0 Å². The number of hydrogen-bond donors (Lipinski definition) is 3. The zero-order chi connectivity index (χ0) is 24.2. The third kappa shape index (κ3) is 5.14. The number of fused-ring (bicyclic) bond motifs is 1. The van der Waals surface area contributed by atoms with Crippen LogP contribution in [0.2, 0.25) is 10.0 Å². The van der Waals surface area contributed by atoms with Crippen molar-refractivity contribution in [3.05, 3.63) is 92.8 Å². The van der Waals surface area contributed by atoms with E-state index in [1.165, 1.54) is 23.5 Å². The Kier molecular flexibility index (Phi) is 7.02. The number of nitrogens with one attached hydrogen (secondary N) is 3. The molecule has 3 N–H and O–H groups in total. The number of hydrazine groups is 1. The van der Waals surface area contributed by atoms with E-state index >= 15 is 0 Å². The number of methoxy groups -OCH3 is 1. The summed E-state index contributed by atoms with van der Waals surface area (Å²) in [5.41, 5.74) is 5.99. The number of amides is 3. The molecule has 7 nitrogen and oxygen atoms in total. The van der Waals surface area contributed by atoms with Crippen LogP contribution in [0.15, 0.2) is 66.7 Å². The molecule has 3 aromatic carbocycles. The first-order valence-corrected chi connectivity index (χ1v) is 11.5. The van der Waals surface area contributed by atoms with Gasteiger partial charge in [0.15, 0.2) is 0 Å². The van der Waals surface area contributed by atoms with Gasteiger partial charge in [-0.15, -0.1) is 11.3 Å². The number of anilines is 1. The van der Waals surface area contributed by atoms with Crippen LogP contribution in [0.3, 0.4) is 0 Å². The number of carbonyl (C=O) groups is 3. The standard InChI is InChI=1S/C24H17Cl2N3O4S/c1-33-17-9-4-13(5-10-17)22(30)27-16-7-2-14(3-8-16)23(31)28-29-24(32)21-20(26)18-11-6-15(25)12-19(18)34-21/h2-12H,1H3,(H,27,30)(H,28,31)(H,29,32). The van der Waals surface area contributed by atoms with Crippen molar-refractivity contribution < 1.29 is 19.1 Å². The van der Waals surface area contributed by atoms with Gasteiger partial charge in [0.25, 0.3) is 17.7 Å². The van der Waals surface area contributed by atoms with Crippen LogP contribution in [0.5, 0.6) is 5.75 Å². The van der Waals surface area contributed by atoms with Crippen LogP contribution >= 0.6 is 34.5 Å². The van der Waals surface area contributed by atoms with Crippen molar-refractivity contribution in [2.75, 3.05) is 12.4 Å². The average molecular weight is 514 g/mol. The summed E-state index contributed by atoms with van der Waals surface area (Å²) in [5.74, 6) is -0.715. The highest BCUT2D eigenvalue weighted by molar-refractivity contribution is 7.21. The molecule has 0 aliphatic carbocycles. The van der Waals surface area contributed by atoms with E-state index in [2.05, 4.69) is 16.2 Å². The summed E-state index contributed by atoms with van der Waals surface area (Å²) in [7, 11) is 1.55. The normalized spacial score (nSPS) is 10.6. The molecule has 0 unspecified atom stereocenters. The fourth-order valence-electron chi connectivity index (χ4n) is 3.08. The van der Waals surface area contributed by atoms with Gasteiger partial charge in [-0.25, -0.2) is 0 Å². The molecule has 3 amide bonds. The van der Waals surface area contributed by atoms with E-state index in [1.54, 1.807) is 61.7 Å². The first kappa shape index (κ1) is 23.6. The fraction of sp³-hybridized carbons (Fsp3) is 0.0417. The van der Waals surface area contributed by atoms with Gasteiger partial charge in [-0.1, -0.05) is 29.3 Å². The van der Waals surface area contributed by atoms with Crippen LogP contribution in [-0.4, -0.2) is 24.8 Å². The van der Waals surface area contributed by atoms with Crippen molar-refractivity contribution in [1.29, 1.82) is 0 Å². The lowest BCUT2D eigenvalue weighted by Gasteiger charge is -2.09. The van der Waals surface area contributed by atoms with E-state index in [0.29, 0.717) is 32.4 Å². The predicted octanol–water partition coefficient (Wildman–Crippen LogP) is 5.54. The molecule has 0 atom stereocenters. The van der Waals surface area contributed by atoms with Crippen molar-refractivity contribution in [3.63, 3.8) is 0 Å². The topological polar surface area (TPSA) is 96.5 Å². The molecule has 0 aliphatic rings. The number of thiophene rings is 1. The molecule has 4 aromatic rings. The van der Waals surface area contributed by atoms with Gasteiger partial charge in [-0.3, -0.25) is 25.2 Å². The molecule has 4 rings (SSSR count). The lowest BCUT2D eigenvalue weighted by Crippen LogP contribution is -2.41. The summed E-state index contributed by atoms with van der Waals surface area (Å²) in [4.78, 5) is 37.6. The molecule has 0 fully saturated rings. The highest BCUT2D eigenvalue weighted by atomic mass is 35.5. The number of carbonyl (C=O) groups excluding carboxylic acids is 3. The SMILES string of the molecule is COc1ccc(C(=O)Nc2ccc(C(=O)NNC(=O)c3sc4cc(Cl)ccc4c3Cl)cc2)cc1. The third-order valence-electron chi connectivity index (χ3n) is 4.84. The second kappa shape index (κ2) is 10.1. The maximum Gasteiger partial charge on any atom is 0.281 e. The number of benzene rings is 3. The monoisotopic (exact) mass is 513 g/mol. The van der Waals surface area contributed by atoms with E-state index in [1.807, 2.05) is 0 Å². The highest BCUT2D eigenvalue weighted by Gasteiger charge is 2.18. The number of rotatable bonds is 5. The van der Waals surface area contributed by atoms with Crippen molar-refractivity contribution in [2.24, 2.45) is 0 Å². The van der Waals surface area contributed by atoms with Crippen LogP contribution in [0, 0.1) is 0 Å². The molecule has 1 aromatic heterocycles. The fourth-order valence-corrected chi connectivity index (χ4v) is 4.77. The molecule has 0 aliphatic heterocycles. The van der Waals surface area contributed by atoms with Crippen LogP contribution in [-0.2, 0) is 0 Å². The van der Waals surface area contributed by atoms with Crippen LogP contribution in [0.25, 0.3) is 10.1 Å². The summed E-state index contributed by atoms with van der Waals surface area (Å²) in [6.45, 7) is 0. The minimum atomic E-state index is -0.543. The van der Waals surface area contributed by atoms with Crippen molar-refractivity contribution in [1.82, 2.24) is 10.9 Å². The lowest BCUT2D eigenvalue weighted by atomic mass is 10.1. The van der Waals surface area contributed by atoms with E-state index < -0.39 is 11.8 Å². The van der Waals surface area contributed by atoms with E-state index in [-0.39, 0.29) is 16.3 Å². The highest BCUT2D eigenvalue weighted by Crippen LogP contribution is 2.36. The second-order valence-electron chi connectivity index (χ2n) is 7.05. The number of ether oxygens (including phenoxy) is 1. The van der Waals surface area contributed by atoms with E-state index in [4.69, 9.17) is 27.9 Å². The maximum atomic E-state index is 12.5. The summed E-state index contributed by atoms with van der Waals surface area (Å²) in [6, 6.07) is 18.1. The van der Waals surface area contributed by atoms with Crippen LogP contribution < -0.4 is 20.9 Å². The Balaban J connectivity index is 1.36. The molecule has 0 bridgehead atoms. The van der Waals surface area contributed by atoms with E-state index in [0.717, 1.165) is 4.70 Å². The summed E-state index contributed by atoms with van der Waals surface area (Å²) >= 11 is 13.5. The third-order valence-corrected chi connectivity index (χ3v) is 6.74. The predicted molar refractivity (Wildman–Crippen MR) is 134 cm³/mol. The van der Waals surface area contributed by atoms with Crippen molar-refractivity contribution in [3.8, 4) is 5.75 Å². The molecular formula is C24H17Cl2N3O4S. The Morgan fingerprint density at radius 3 is 2.09 bits per heavy atom. The Morgan fingerprint density at radius 1 is 0.794 bits per heavy atom. The van der Waals surface area contributed by atoms with E-state index in [9.17, 15) is 14.4 Å². The number of halogens is 2. The summed E-state index contributed by atoms with van der Waals surface area (Å²) in [6.07, 6.45) is 0. The molecular weight excluding hydrogens is 497 g/mol. The van der Waals surface area contributed by atoms with Gasteiger partial charge < -0.3 is 10.1 Å². The Labute approximate surface area is 208 Å². The van der Waals surface area contributed by atoms with Crippen LogP contribution in [0.4, 0.5) is 5.69 Å². The molecule has 0 saturated heterocycles. The molecule has 34 heavy (non-hydrogen) atoms. The van der Waals surface area contributed by atoms with Gasteiger partial charge in [0.05, 0.1) is 12.1 Å². The van der Waals surface area contributed by atoms with Gasteiger partial charge in [-0.05, 0) is 60.7 Å². The Morgan fingerprint density at radius 2 is 1.41 bits per heavy atom. The molecule has 0 saturated carbocycles. The zero-order valence-corrected chi connectivity index (χ0v) is 20.0. The van der Waals surface area contributed by atoms with Gasteiger partial charge in [0, 0.05) is 31.9 Å². The Hall–Kier alpha value is -3.59. The maximum absolute atomic E-state index is 12.5. The van der Waals surface area contributed by atoms with Gasteiger partial charge in [-0.2, -0.15) is 0 Å². The van der Waals surface area contributed by atoms with Crippen LogP contribution in [0.1, 0.15) is 30.4 Å². The second-order valence-corrected chi connectivity index (χ2v) is 8.92. The largest absolute Gasteiger partial charge is 0.497 e. The lowest BCUT2D eigenvalue weighted by molar-refractivity contribution is 0.0849. The summed E-state index contributed by atoms with van der Waals surface area (Å²) in [5, 5.41) is 4.29. The first-order valence-electron chi connectivity index (χ1n) is 9.89. The zero-order valence-electron chi connectivity index (χ0n) is 17.6. The van der Waals surface area contributed by atoms with Gasteiger partial charge >= 0.3 is 0 Å². The van der Waals surface area contributed by atoms with Gasteiger partial charge in [0.2, 0.25) is 0 Å². The quantitative estimate of drug-likeness (QED) is 0.305. The van der Waals surface area contributed by atoms with Gasteiger partial charge in [0.1, 0.15) is 10.6 Å². The van der Waals surface area contributed by atoms with Crippen molar-refractivity contribution in [2.45, 2.75) is 0 Å².